The molecule has 2 N–H and O–H groups in total. The number of aliphatic hydroxyl groups is 1. The third kappa shape index (κ3) is 1.95. The Morgan fingerprint density at radius 2 is 2.00 bits per heavy atom. The zero-order valence-corrected chi connectivity index (χ0v) is 7.63. The molecule has 0 radical (unpaired) electrons. The fourth-order valence-corrected chi connectivity index (χ4v) is 1.44. The van der Waals surface area contributed by atoms with Gasteiger partial charge in [-0.2, -0.15) is 0 Å². The summed E-state index contributed by atoms with van der Waals surface area (Å²) in [4.78, 5) is 12.7. The smallest absolute Gasteiger partial charge is 0.219 e. The maximum Gasteiger partial charge on any atom is 0.219 e. The highest BCUT2D eigenvalue weighted by atomic mass is 16.3. The van der Waals surface area contributed by atoms with Gasteiger partial charge in [-0.25, -0.2) is 0 Å². The molecule has 1 heterocycles. The molecule has 0 spiro atoms. The number of nitrogens with zero attached hydrogens (tertiary/aromatic N) is 1. The summed E-state index contributed by atoms with van der Waals surface area (Å²) >= 11 is 0. The number of amides is 1. The highest BCUT2D eigenvalue weighted by Gasteiger charge is 2.30. The minimum absolute atomic E-state index is 0.0909. The van der Waals surface area contributed by atoms with Crippen LogP contribution in [0.2, 0.25) is 0 Å². The van der Waals surface area contributed by atoms with Crippen LogP contribution in [0, 0.1) is 0 Å². The number of carbonyl (C=O) groups is 1. The first-order valence-electron chi connectivity index (χ1n) is 4.24. The van der Waals surface area contributed by atoms with Gasteiger partial charge in [-0.3, -0.25) is 10.1 Å². The quantitative estimate of drug-likeness (QED) is 0.526. The summed E-state index contributed by atoms with van der Waals surface area (Å²) in [5.74, 6) is 0.0909. The number of rotatable bonds is 1. The van der Waals surface area contributed by atoms with Gasteiger partial charge in [0.25, 0.3) is 0 Å². The highest BCUT2D eigenvalue weighted by Crippen LogP contribution is 2.18. The predicted octanol–water partition coefficient (Wildman–Crippen LogP) is -0.463. The summed E-state index contributed by atoms with van der Waals surface area (Å²) in [5.41, 5.74) is -0.758. The van der Waals surface area contributed by atoms with Crippen LogP contribution in [-0.4, -0.2) is 41.8 Å². The Hall–Kier alpha value is -0.610. The van der Waals surface area contributed by atoms with E-state index in [9.17, 15) is 9.90 Å². The van der Waals surface area contributed by atoms with Crippen LogP contribution < -0.4 is 5.32 Å². The molecule has 0 aromatic heterocycles. The van der Waals surface area contributed by atoms with Crippen LogP contribution in [-0.2, 0) is 4.79 Å². The van der Waals surface area contributed by atoms with Crippen LogP contribution in [0.3, 0.4) is 0 Å². The van der Waals surface area contributed by atoms with Crippen molar-refractivity contribution < 1.29 is 9.90 Å². The summed E-state index contributed by atoms with van der Waals surface area (Å²) in [6.45, 7) is 2.85. The molecule has 1 fully saturated rings. The zero-order valence-electron chi connectivity index (χ0n) is 7.63. The van der Waals surface area contributed by atoms with E-state index in [1.165, 1.54) is 0 Å². The van der Waals surface area contributed by atoms with Crippen molar-refractivity contribution in [2.24, 2.45) is 0 Å². The molecule has 0 bridgehead atoms. The number of hydrogen-bond acceptors (Lipinski definition) is 3. The summed E-state index contributed by atoms with van der Waals surface area (Å²) in [6.07, 6.45) is 1.23. The van der Waals surface area contributed by atoms with Crippen molar-refractivity contribution in [1.82, 2.24) is 10.2 Å². The van der Waals surface area contributed by atoms with Gasteiger partial charge in [0, 0.05) is 32.9 Å². The van der Waals surface area contributed by atoms with Gasteiger partial charge in [0.1, 0.15) is 5.72 Å². The van der Waals surface area contributed by atoms with E-state index in [0.29, 0.717) is 25.9 Å². The van der Waals surface area contributed by atoms with Gasteiger partial charge < -0.3 is 10.0 Å². The van der Waals surface area contributed by atoms with Crippen molar-refractivity contribution in [2.75, 3.05) is 20.1 Å². The lowest BCUT2D eigenvalue weighted by atomic mass is 10.0. The highest BCUT2D eigenvalue weighted by molar-refractivity contribution is 5.73. The Kier molecular flexibility index (Phi) is 2.69. The first-order valence-corrected chi connectivity index (χ1v) is 4.24. The summed E-state index contributed by atoms with van der Waals surface area (Å²) in [7, 11) is 1.74. The monoisotopic (exact) mass is 172 g/mol. The lowest BCUT2D eigenvalue weighted by molar-refractivity contribution is -0.133. The van der Waals surface area contributed by atoms with Crippen LogP contribution in [0.5, 0.6) is 0 Å². The maximum absolute atomic E-state index is 10.9. The number of likely N-dealkylation sites (tertiary alicyclic amines) is 1. The first kappa shape index (κ1) is 9.48. The van der Waals surface area contributed by atoms with Crippen molar-refractivity contribution in [2.45, 2.75) is 25.5 Å². The van der Waals surface area contributed by atoms with E-state index < -0.39 is 5.72 Å². The van der Waals surface area contributed by atoms with Gasteiger partial charge in [-0.1, -0.05) is 0 Å². The topological polar surface area (TPSA) is 52.6 Å². The van der Waals surface area contributed by atoms with Crippen LogP contribution >= 0.6 is 0 Å². The van der Waals surface area contributed by atoms with Crippen LogP contribution in [0.1, 0.15) is 19.8 Å². The minimum Gasteiger partial charge on any atom is -0.376 e. The molecule has 4 nitrogen and oxygen atoms in total. The Morgan fingerprint density at radius 1 is 1.50 bits per heavy atom. The zero-order chi connectivity index (χ0) is 9.19. The molecule has 12 heavy (non-hydrogen) atoms. The molecule has 0 atom stereocenters. The summed E-state index contributed by atoms with van der Waals surface area (Å²) in [5, 5.41) is 12.6. The molecular weight excluding hydrogens is 156 g/mol. The van der Waals surface area contributed by atoms with Crippen LogP contribution in [0.15, 0.2) is 0 Å². The van der Waals surface area contributed by atoms with Crippen molar-refractivity contribution >= 4 is 5.91 Å². The second-order valence-electron chi connectivity index (χ2n) is 3.29. The van der Waals surface area contributed by atoms with Crippen LogP contribution in [0.4, 0.5) is 0 Å². The molecular formula is C8H16N2O2. The van der Waals surface area contributed by atoms with Gasteiger partial charge in [0.15, 0.2) is 0 Å². The number of piperidine rings is 1. The Morgan fingerprint density at radius 3 is 2.33 bits per heavy atom. The molecule has 1 rings (SSSR count). The second kappa shape index (κ2) is 3.41. The fourth-order valence-electron chi connectivity index (χ4n) is 1.44. The average Bonchev–Trinajstić information content (AvgIpc) is 2.05. The van der Waals surface area contributed by atoms with Gasteiger partial charge >= 0.3 is 0 Å². The van der Waals surface area contributed by atoms with Crippen molar-refractivity contribution in [3.63, 3.8) is 0 Å². The minimum atomic E-state index is -0.758. The Balaban J connectivity index is 2.44. The fraction of sp³-hybridized carbons (Fsp3) is 0.875. The standard InChI is InChI=1S/C8H16N2O2/c1-7(11)10-5-3-8(12,9-2)4-6-10/h9,12H,3-6H2,1-2H3. The van der Waals surface area contributed by atoms with E-state index in [4.69, 9.17) is 0 Å². The molecule has 0 aromatic rings. The third-order valence-corrected chi connectivity index (χ3v) is 2.50. The summed E-state index contributed by atoms with van der Waals surface area (Å²) < 4.78 is 0. The number of hydrogen-bond donors (Lipinski definition) is 2. The molecule has 1 saturated heterocycles. The third-order valence-electron chi connectivity index (χ3n) is 2.50. The van der Waals surface area contributed by atoms with E-state index in [0.717, 1.165) is 0 Å². The molecule has 0 unspecified atom stereocenters. The normalized spacial score (nSPS) is 22.4. The lowest BCUT2D eigenvalue weighted by Crippen LogP contribution is -2.52. The van der Waals surface area contributed by atoms with Crippen molar-refractivity contribution in [3.05, 3.63) is 0 Å². The molecule has 1 aliphatic heterocycles. The van der Waals surface area contributed by atoms with E-state index in [1.807, 2.05) is 0 Å². The predicted molar refractivity (Wildman–Crippen MR) is 45.5 cm³/mol. The van der Waals surface area contributed by atoms with Crippen LogP contribution in [0.25, 0.3) is 0 Å². The molecule has 4 heteroatoms. The van der Waals surface area contributed by atoms with Gasteiger partial charge in [-0.15, -0.1) is 0 Å². The van der Waals surface area contributed by atoms with Crippen molar-refractivity contribution in [3.8, 4) is 0 Å². The van der Waals surface area contributed by atoms with Gasteiger partial charge in [0.05, 0.1) is 0 Å². The van der Waals surface area contributed by atoms with Gasteiger partial charge in [-0.05, 0) is 7.05 Å². The van der Waals surface area contributed by atoms with Crippen molar-refractivity contribution in [1.29, 1.82) is 0 Å². The second-order valence-corrected chi connectivity index (χ2v) is 3.29. The molecule has 70 valence electrons. The molecule has 0 aromatic carbocycles. The number of carbonyl (C=O) groups excluding carboxylic acids is 1. The van der Waals surface area contributed by atoms with E-state index in [1.54, 1.807) is 18.9 Å². The number of nitrogens with one attached hydrogen (secondary N) is 1. The Bertz CT molecular complexity index is 174. The SMILES string of the molecule is CNC1(O)CCN(C(C)=O)CC1. The largest absolute Gasteiger partial charge is 0.376 e. The van der Waals surface area contributed by atoms with E-state index >= 15 is 0 Å². The van der Waals surface area contributed by atoms with E-state index in [-0.39, 0.29) is 5.91 Å². The van der Waals surface area contributed by atoms with E-state index in [2.05, 4.69) is 5.32 Å². The first-order chi connectivity index (χ1) is 5.57. The average molecular weight is 172 g/mol. The molecule has 0 saturated carbocycles. The maximum atomic E-state index is 10.9. The van der Waals surface area contributed by atoms with Gasteiger partial charge in [0.2, 0.25) is 5.91 Å². The Labute approximate surface area is 72.6 Å². The lowest BCUT2D eigenvalue weighted by Gasteiger charge is -2.37. The molecule has 0 aliphatic carbocycles. The molecule has 1 aliphatic rings. The summed E-state index contributed by atoms with van der Waals surface area (Å²) in [6, 6.07) is 0. The molecule has 1 amide bonds.